The molecule has 4 heteroatoms. The van der Waals surface area contributed by atoms with Gasteiger partial charge < -0.3 is 5.73 Å². The van der Waals surface area contributed by atoms with Crippen LogP contribution in [0.15, 0.2) is 45.8 Å². The fourth-order valence-electron chi connectivity index (χ4n) is 1.53. The number of benzene rings is 1. The number of hydrogen-bond acceptors (Lipinski definition) is 3. The number of halogens is 1. The molecule has 0 bridgehead atoms. The van der Waals surface area contributed by atoms with E-state index in [0.29, 0.717) is 11.8 Å². The van der Waals surface area contributed by atoms with E-state index in [1.807, 2.05) is 23.1 Å². The van der Waals surface area contributed by atoms with Gasteiger partial charge in [0.05, 0.1) is 5.25 Å². The highest BCUT2D eigenvalue weighted by molar-refractivity contribution is 9.10. The second-order valence-corrected chi connectivity index (χ2v) is 7.26. The van der Waals surface area contributed by atoms with Crippen LogP contribution in [0.2, 0.25) is 0 Å². The largest absolute Gasteiger partial charge is 0.329 e. The molecule has 0 radical (unpaired) electrons. The molecule has 1 aromatic carbocycles. The molecule has 0 saturated heterocycles. The summed E-state index contributed by atoms with van der Waals surface area (Å²) < 4.78 is 1.11. The lowest BCUT2D eigenvalue weighted by Gasteiger charge is -2.12. The quantitative estimate of drug-likeness (QED) is 0.830. The van der Waals surface area contributed by atoms with Gasteiger partial charge in [-0.2, -0.15) is 0 Å². The molecule has 1 aromatic heterocycles. The summed E-state index contributed by atoms with van der Waals surface area (Å²) in [5, 5.41) is 0.356. The minimum absolute atomic E-state index is 0.356. The van der Waals surface area contributed by atoms with Gasteiger partial charge in [0.25, 0.3) is 0 Å². The number of rotatable bonds is 4. The lowest BCUT2D eigenvalue weighted by atomic mass is 10.3. The molecule has 1 unspecified atom stereocenters. The van der Waals surface area contributed by atoms with Crippen LogP contribution in [0.5, 0.6) is 0 Å². The third kappa shape index (κ3) is 3.58. The van der Waals surface area contributed by atoms with Gasteiger partial charge in [-0.25, -0.2) is 0 Å². The van der Waals surface area contributed by atoms with E-state index in [-0.39, 0.29) is 0 Å². The maximum Gasteiger partial charge on any atom is 0.0560 e. The van der Waals surface area contributed by atoms with E-state index in [1.165, 1.54) is 14.6 Å². The predicted molar refractivity (Wildman–Crippen MR) is 80.9 cm³/mol. The molecule has 0 aliphatic carbocycles. The molecule has 0 amide bonds. The van der Waals surface area contributed by atoms with Crippen LogP contribution >= 0.6 is 39.0 Å². The van der Waals surface area contributed by atoms with Gasteiger partial charge in [-0.05, 0) is 43.3 Å². The first kappa shape index (κ1) is 13.1. The van der Waals surface area contributed by atoms with Crippen LogP contribution in [0.3, 0.4) is 0 Å². The average Bonchev–Trinajstić information content (AvgIpc) is 2.75. The first-order valence-electron chi connectivity index (χ1n) is 5.37. The Morgan fingerprint density at radius 2 is 1.94 bits per heavy atom. The SMILES string of the molecule is Cc1ccc(C(CN)Sc2ccc(Br)cc2)s1. The molecular weight excluding hydrogens is 314 g/mol. The number of nitrogens with two attached hydrogens (primary N) is 1. The van der Waals surface area contributed by atoms with E-state index in [4.69, 9.17) is 5.73 Å². The highest BCUT2D eigenvalue weighted by Gasteiger charge is 2.13. The van der Waals surface area contributed by atoms with E-state index >= 15 is 0 Å². The van der Waals surface area contributed by atoms with Crippen molar-refractivity contribution in [2.24, 2.45) is 5.73 Å². The summed E-state index contributed by atoms with van der Waals surface area (Å²) >= 11 is 7.11. The van der Waals surface area contributed by atoms with Crippen LogP contribution in [0.1, 0.15) is 15.0 Å². The second-order valence-electron chi connectivity index (χ2n) is 3.74. The van der Waals surface area contributed by atoms with Gasteiger partial charge in [0.15, 0.2) is 0 Å². The smallest absolute Gasteiger partial charge is 0.0560 e. The van der Waals surface area contributed by atoms with Crippen LogP contribution < -0.4 is 5.73 Å². The molecule has 90 valence electrons. The fraction of sp³-hybridized carbons (Fsp3) is 0.231. The topological polar surface area (TPSA) is 26.0 Å². The lowest BCUT2D eigenvalue weighted by molar-refractivity contribution is 0.960. The lowest BCUT2D eigenvalue weighted by Crippen LogP contribution is -2.07. The van der Waals surface area contributed by atoms with Crippen LogP contribution in [-0.2, 0) is 0 Å². The minimum Gasteiger partial charge on any atom is -0.329 e. The van der Waals surface area contributed by atoms with Gasteiger partial charge in [0, 0.05) is 25.7 Å². The van der Waals surface area contributed by atoms with Crippen LogP contribution in [0.25, 0.3) is 0 Å². The van der Waals surface area contributed by atoms with Gasteiger partial charge in [-0.15, -0.1) is 23.1 Å². The van der Waals surface area contributed by atoms with Crippen molar-refractivity contribution in [3.05, 3.63) is 50.6 Å². The molecule has 1 nitrogen and oxygen atoms in total. The number of hydrogen-bond donors (Lipinski definition) is 1. The summed E-state index contributed by atoms with van der Waals surface area (Å²) in [5.74, 6) is 0. The standard InChI is InChI=1S/C13H14BrNS2/c1-9-2-7-12(16-9)13(8-15)17-11-5-3-10(14)4-6-11/h2-7,13H,8,15H2,1H3. The van der Waals surface area contributed by atoms with Crippen molar-refractivity contribution in [1.82, 2.24) is 0 Å². The summed E-state index contributed by atoms with van der Waals surface area (Å²) in [4.78, 5) is 3.96. The molecule has 0 aliphatic heterocycles. The minimum atomic E-state index is 0.356. The predicted octanol–water partition coefficient (Wildman–Crippen LogP) is 4.61. The summed E-state index contributed by atoms with van der Waals surface area (Å²) in [5.41, 5.74) is 5.87. The summed E-state index contributed by atoms with van der Waals surface area (Å²) in [6.07, 6.45) is 0. The van der Waals surface area contributed by atoms with Gasteiger partial charge in [-0.1, -0.05) is 15.9 Å². The van der Waals surface area contributed by atoms with Crippen molar-refractivity contribution in [3.8, 4) is 0 Å². The first-order chi connectivity index (χ1) is 8.19. The van der Waals surface area contributed by atoms with E-state index in [2.05, 4.69) is 59.3 Å². The van der Waals surface area contributed by atoms with Crippen LogP contribution in [0.4, 0.5) is 0 Å². The van der Waals surface area contributed by atoms with Gasteiger partial charge in [-0.3, -0.25) is 0 Å². The highest BCUT2D eigenvalue weighted by Crippen LogP contribution is 2.37. The van der Waals surface area contributed by atoms with Gasteiger partial charge in [0.2, 0.25) is 0 Å². The summed E-state index contributed by atoms with van der Waals surface area (Å²) in [7, 11) is 0. The summed E-state index contributed by atoms with van der Waals surface area (Å²) in [6.45, 7) is 2.80. The van der Waals surface area contributed by atoms with Crippen LogP contribution in [0, 0.1) is 6.92 Å². The number of thioether (sulfide) groups is 1. The summed E-state index contributed by atoms with van der Waals surface area (Å²) in [6, 6.07) is 12.7. The molecule has 2 rings (SSSR count). The Balaban J connectivity index is 2.12. The molecule has 1 atom stereocenters. The van der Waals surface area contributed by atoms with Gasteiger partial charge in [0.1, 0.15) is 0 Å². The van der Waals surface area contributed by atoms with Crippen LogP contribution in [-0.4, -0.2) is 6.54 Å². The number of thiophene rings is 1. The monoisotopic (exact) mass is 327 g/mol. The Morgan fingerprint density at radius 1 is 1.24 bits per heavy atom. The molecule has 0 saturated carbocycles. The third-order valence-corrected chi connectivity index (χ3v) is 5.45. The fourth-order valence-corrected chi connectivity index (χ4v) is 3.86. The second kappa shape index (κ2) is 6.05. The normalized spacial score (nSPS) is 12.6. The maximum atomic E-state index is 5.87. The molecule has 0 fully saturated rings. The zero-order valence-electron chi connectivity index (χ0n) is 9.52. The molecule has 0 aliphatic rings. The molecule has 17 heavy (non-hydrogen) atoms. The van der Waals surface area contributed by atoms with Crippen molar-refractivity contribution in [3.63, 3.8) is 0 Å². The Hall–Kier alpha value is -0.290. The van der Waals surface area contributed by atoms with Crippen molar-refractivity contribution in [2.45, 2.75) is 17.1 Å². The molecular formula is C13H14BrNS2. The Labute approximate surface area is 119 Å². The van der Waals surface area contributed by atoms with Gasteiger partial charge >= 0.3 is 0 Å². The molecule has 2 N–H and O–H groups in total. The van der Waals surface area contributed by atoms with Crippen molar-refractivity contribution >= 4 is 39.0 Å². The zero-order chi connectivity index (χ0) is 12.3. The maximum absolute atomic E-state index is 5.87. The molecule has 2 aromatic rings. The molecule has 0 spiro atoms. The zero-order valence-corrected chi connectivity index (χ0v) is 12.7. The Morgan fingerprint density at radius 3 is 2.47 bits per heavy atom. The van der Waals surface area contributed by atoms with E-state index < -0.39 is 0 Å². The third-order valence-electron chi connectivity index (χ3n) is 2.38. The Kier molecular flexibility index (Phi) is 4.68. The van der Waals surface area contributed by atoms with Crippen molar-refractivity contribution < 1.29 is 0 Å². The van der Waals surface area contributed by atoms with E-state index in [1.54, 1.807) is 0 Å². The first-order valence-corrected chi connectivity index (χ1v) is 7.86. The average molecular weight is 328 g/mol. The highest BCUT2D eigenvalue weighted by atomic mass is 79.9. The van der Waals surface area contributed by atoms with Crippen molar-refractivity contribution in [1.29, 1.82) is 0 Å². The van der Waals surface area contributed by atoms with E-state index in [0.717, 1.165) is 4.47 Å². The van der Waals surface area contributed by atoms with Crippen molar-refractivity contribution in [2.75, 3.05) is 6.54 Å². The molecule has 1 heterocycles. The van der Waals surface area contributed by atoms with E-state index in [9.17, 15) is 0 Å². The Bertz CT molecular complexity index is 478. The number of aryl methyl sites for hydroxylation is 1.